The van der Waals surface area contributed by atoms with Crippen LogP contribution in [0.5, 0.6) is 0 Å². The highest BCUT2D eigenvalue weighted by Gasteiger charge is 2.30. The molecule has 1 aliphatic rings. The highest BCUT2D eigenvalue weighted by molar-refractivity contribution is 5.81. The molecule has 122 valence electrons. The molecule has 2 unspecified atom stereocenters. The maximum Gasteiger partial charge on any atom is 0.251 e. The lowest BCUT2D eigenvalue weighted by atomic mass is 9.94. The van der Waals surface area contributed by atoms with E-state index in [-0.39, 0.29) is 5.91 Å². The van der Waals surface area contributed by atoms with Crippen LogP contribution >= 0.6 is 0 Å². The van der Waals surface area contributed by atoms with Crippen molar-refractivity contribution in [1.82, 2.24) is 4.90 Å². The molecule has 22 heavy (non-hydrogen) atoms. The zero-order chi connectivity index (χ0) is 15.9. The quantitative estimate of drug-likeness (QED) is 0.727. The Morgan fingerprint density at radius 2 is 2.14 bits per heavy atom. The predicted octanol–water partition coefficient (Wildman–Crippen LogP) is 2.75. The summed E-state index contributed by atoms with van der Waals surface area (Å²) in [6.07, 6.45) is 0.637. The molecule has 1 heterocycles. The van der Waals surface area contributed by atoms with Crippen molar-refractivity contribution in [3.63, 3.8) is 0 Å². The third kappa shape index (κ3) is 4.31. The second-order valence-corrected chi connectivity index (χ2v) is 5.84. The van der Waals surface area contributed by atoms with Crippen molar-refractivity contribution in [3.05, 3.63) is 35.4 Å². The summed E-state index contributed by atoms with van der Waals surface area (Å²) in [7, 11) is 0. The van der Waals surface area contributed by atoms with Crippen molar-refractivity contribution in [2.45, 2.75) is 39.2 Å². The van der Waals surface area contributed by atoms with Gasteiger partial charge < -0.3 is 14.4 Å². The van der Waals surface area contributed by atoms with Gasteiger partial charge in [-0.3, -0.25) is 4.79 Å². The van der Waals surface area contributed by atoms with E-state index in [1.807, 2.05) is 18.7 Å². The standard InChI is InChI=1S/C18H27NO3/c1-4-21-11-12-22-15(3)18(20)19-10-9-16(13-19)17-8-6-5-7-14(17)2/h5-8,15-16H,4,9-13H2,1-3H3. The van der Waals surface area contributed by atoms with Crippen LogP contribution in [0.25, 0.3) is 0 Å². The van der Waals surface area contributed by atoms with E-state index in [4.69, 9.17) is 9.47 Å². The van der Waals surface area contributed by atoms with E-state index in [0.29, 0.717) is 25.7 Å². The molecule has 4 nitrogen and oxygen atoms in total. The molecular formula is C18H27NO3. The Kier molecular flexibility index (Phi) is 6.40. The lowest BCUT2D eigenvalue weighted by Gasteiger charge is -2.21. The first kappa shape index (κ1) is 17.0. The van der Waals surface area contributed by atoms with Gasteiger partial charge in [-0.25, -0.2) is 0 Å². The van der Waals surface area contributed by atoms with Crippen molar-refractivity contribution in [2.75, 3.05) is 32.9 Å². The van der Waals surface area contributed by atoms with Crippen molar-refractivity contribution in [1.29, 1.82) is 0 Å². The number of amides is 1. The van der Waals surface area contributed by atoms with Gasteiger partial charge in [0, 0.05) is 25.6 Å². The minimum atomic E-state index is -0.393. The van der Waals surface area contributed by atoms with Gasteiger partial charge in [-0.05, 0) is 38.3 Å². The Hall–Kier alpha value is -1.39. The highest BCUT2D eigenvalue weighted by Crippen LogP contribution is 2.29. The fourth-order valence-corrected chi connectivity index (χ4v) is 3.02. The second kappa shape index (κ2) is 8.30. The van der Waals surface area contributed by atoms with Gasteiger partial charge in [-0.1, -0.05) is 24.3 Å². The van der Waals surface area contributed by atoms with Crippen LogP contribution in [0.1, 0.15) is 37.3 Å². The van der Waals surface area contributed by atoms with Crippen LogP contribution in [0.4, 0.5) is 0 Å². The molecule has 0 radical (unpaired) electrons. The van der Waals surface area contributed by atoms with Gasteiger partial charge in [0.05, 0.1) is 13.2 Å². The van der Waals surface area contributed by atoms with Crippen molar-refractivity contribution >= 4 is 5.91 Å². The molecule has 1 aliphatic heterocycles. The number of carbonyl (C=O) groups excluding carboxylic acids is 1. The van der Waals surface area contributed by atoms with E-state index in [9.17, 15) is 4.79 Å². The van der Waals surface area contributed by atoms with Crippen LogP contribution in [0.15, 0.2) is 24.3 Å². The summed E-state index contributed by atoms with van der Waals surface area (Å²) >= 11 is 0. The molecule has 0 aliphatic carbocycles. The van der Waals surface area contributed by atoms with Crippen molar-refractivity contribution < 1.29 is 14.3 Å². The summed E-state index contributed by atoms with van der Waals surface area (Å²) in [4.78, 5) is 14.4. The molecule has 0 bridgehead atoms. The van der Waals surface area contributed by atoms with Gasteiger partial charge in [0.15, 0.2) is 0 Å². The van der Waals surface area contributed by atoms with Gasteiger partial charge in [0.1, 0.15) is 6.10 Å². The number of rotatable bonds is 7. The molecule has 0 N–H and O–H groups in total. The molecule has 1 fully saturated rings. The maximum atomic E-state index is 12.4. The number of benzene rings is 1. The molecule has 0 saturated carbocycles. The summed E-state index contributed by atoms with van der Waals surface area (Å²) in [5.41, 5.74) is 2.67. The Morgan fingerprint density at radius 3 is 2.86 bits per heavy atom. The molecule has 4 heteroatoms. The van der Waals surface area contributed by atoms with E-state index in [0.717, 1.165) is 19.5 Å². The van der Waals surface area contributed by atoms with Crippen molar-refractivity contribution in [2.24, 2.45) is 0 Å². The Morgan fingerprint density at radius 1 is 1.36 bits per heavy atom. The predicted molar refractivity (Wildman–Crippen MR) is 87.0 cm³/mol. The fourth-order valence-electron chi connectivity index (χ4n) is 3.02. The average Bonchev–Trinajstić information content (AvgIpc) is 3.00. The zero-order valence-corrected chi connectivity index (χ0v) is 13.9. The fraction of sp³-hybridized carbons (Fsp3) is 0.611. The van der Waals surface area contributed by atoms with Crippen LogP contribution in [-0.2, 0) is 14.3 Å². The summed E-state index contributed by atoms with van der Waals surface area (Å²) in [5.74, 6) is 0.536. The minimum absolute atomic E-state index is 0.0904. The van der Waals surface area contributed by atoms with Gasteiger partial charge in [-0.15, -0.1) is 0 Å². The topological polar surface area (TPSA) is 38.8 Å². The average molecular weight is 305 g/mol. The summed E-state index contributed by atoms with van der Waals surface area (Å²) in [6.45, 7) is 9.21. The maximum absolute atomic E-state index is 12.4. The Balaban J connectivity index is 1.84. The van der Waals surface area contributed by atoms with E-state index in [1.54, 1.807) is 0 Å². The van der Waals surface area contributed by atoms with Gasteiger partial charge in [-0.2, -0.15) is 0 Å². The van der Waals surface area contributed by atoms with E-state index < -0.39 is 6.10 Å². The first-order chi connectivity index (χ1) is 10.6. The van der Waals surface area contributed by atoms with Crippen LogP contribution in [0.2, 0.25) is 0 Å². The SMILES string of the molecule is CCOCCOC(C)C(=O)N1CCC(c2ccccc2C)C1. The normalized spacial score (nSPS) is 19.4. The minimum Gasteiger partial charge on any atom is -0.379 e. The molecule has 1 saturated heterocycles. The van der Waals surface area contributed by atoms with E-state index in [2.05, 4.69) is 31.2 Å². The monoisotopic (exact) mass is 305 g/mol. The number of hydrogen-bond donors (Lipinski definition) is 0. The van der Waals surface area contributed by atoms with Crippen molar-refractivity contribution in [3.8, 4) is 0 Å². The molecule has 2 atom stereocenters. The molecule has 1 aromatic rings. The van der Waals surface area contributed by atoms with Gasteiger partial charge in [0.2, 0.25) is 0 Å². The number of likely N-dealkylation sites (tertiary alicyclic amines) is 1. The number of ether oxygens (including phenoxy) is 2. The largest absolute Gasteiger partial charge is 0.379 e. The number of nitrogens with zero attached hydrogens (tertiary/aromatic N) is 1. The number of aryl methyl sites for hydroxylation is 1. The first-order valence-electron chi connectivity index (χ1n) is 8.17. The number of hydrogen-bond acceptors (Lipinski definition) is 3. The summed E-state index contributed by atoms with van der Waals surface area (Å²) in [5, 5.41) is 0. The second-order valence-electron chi connectivity index (χ2n) is 5.84. The first-order valence-corrected chi connectivity index (χ1v) is 8.17. The summed E-state index contributed by atoms with van der Waals surface area (Å²) in [6, 6.07) is 8.45. The molecule has 1 aromatic carbocycles. The van der Waals surface area contributed by atoms with Crippen LogP contribution in [0, 0.1) is 6.92 Å². The summed E-state index contributed by atoms with van der Waals surface area (Å²) < 4.78 is 10.8. The lowest BCUT2D eigenvalue weighted by Crippen LogP contribution is -2.38. The Bertz CT molecular complexity index is 489. The number of carbonyl (C=O) groups is 1. The molecule has 0 spiro atoms. The molecular weight excluding hydrogens is 278 g/mol. The van der Waals surface area contributed by atoms with Crippen LogP contribution in [0.3, 0.4) is 0 Å². The molecule has 1 amide bonds. The van der Waals surface area contributed by atoms with E-state index >= 15 is 0 Å². The lowest BCUT2D eigenvalue weighted by molar-refractivity contribution is -0.142. The van der Waals surface area contributed by atoms with Gasteiger partial charge >= 0.3 is 0 Å². The van der Waals surface area contributed by atoms with Gasteiger partial charge in [0.25, 0.3) is 5.91 Å². The van der Waals surface area contributed by atoms with Crippen LogP contribution < -0.4 is 0 Å². The third-order valence-electron chi connectivity index (χ3n) is 4.28. The Labute approximate surface area is 133 Å². The zero-order valence-electron chi connectivity index (χ0n) is 13.9. The van der Waals surface area contributed by atoms with E-state index in [1.165, 1.54) is 11.1 Å². The third-order valence-corrected chi connectivity index (χ3v) is 4.28. The molecule has 2 rings (SSSR count). The van der Waals surface area contributed by atoms with Crippen LogP contribution in [-0.4, -0.2) is 49.8 Å². The smallest absolute Gasteiger partial charge is 0.251 e. The highest BCUT2D eigenvalue weighted by atomic mass is 16.5. The molecule has 0 aromatic heterocycles.